The van der Waals surface area contributed by atoms with Gasteiger partial charge in [-0.05, 0) is 31.6 Å². The van der Waals surface area contributed by atoms with Gasteiger partial charge in [0, 0.05) is 11.8 Å². The molecule has 0 radical (unpaired) electrons. The van der Waals surface area contributed by atoms with Crippen LogP contribution in [-0.4, -0.2) is 5.78 Å². The molecule has 0 aliphatic heterocycles. The van der Waals surface area contributed by atoms with Gasteiger partial charge in [0.1, 0.15) is 5.78 Å². The van der Waals surface area contributed by atoms with Gasteiger partial charge in [-0.2, -0.15) is 0 Å². The SMILES string of the molecule is CC.CCCC1CCC(C(=O)C(C)C)CC1. The summed E-state index contributed by atoms with van der Waals surface area (Å²) in [7, 11) is 0. The van der Waals surface area contributed by atoms with Crippen LogP contribution in [0.5, 0.6) is 0 Å². The predicted octanol–water partition coefficient (Wildman–Crippen LogP) is 4.84. The van der Waals surface area contributed by atoms with Crippen molar-refractivity contribution in [3.8, 4) is 0 Å². The van der Waals surface area contributed by atoms with E-state index in [1.54, 1.807) is 0 Å². The van der Waals surface area contributed by atoms with E-state index in [9.17, 15) is 4.79 Å². The van der Waals surface area contributed by atoms with Crippen molar-refractivity contribution >= 4 is 5.78 Å². The third kappa shape index (κ3) is 5.14. The summed E-state index contributed by atoms with van der Waals surface area (Å²) in [5, 5.41) is 0. The highest BCUT2D eigenvalue weighted by molar-refractivity contribution is 5.82. The summed E-state index contributed by atoms with van der Waals surface area (Å²) in [4.78, 5) is 11.8. The van der Waals surface area contributed by atoms with E-state index < -0.39 is 0 Å². The van der Waals surface area contributed by atoms with Crippen molar-refractivity contribution in [3.63, 3.8) is 0 Å². The summed E-state index contributed by atoms with van der Waals surface area (Å²) in [6.07, 6.45) is 7.55. The van der Waals surface area contributed by atoms with Crippen LogP contribution in [0.2, 0.25) is 0 Å². The zero-order valence-electron chi connectivity index (χ0n) is 11.9. The predicted molar refractivity (Wildman–Crippen MR) is 71.5 cm³/mol. The maximum absolute atomic E-state index is 11.8. The fourth-order valence-corrected chi connectivity index (χ4v) is 2.62. The van der Waals surface area contributed by atoms with Crippen LogP contribution in [0.1, 0.15) is 73.1 Å². The average molecular weight is 226 g/mol. The van der Waals surface area contributed by atoms with Crippen LogP contribution in [0.3, 0.4) is 0 Å². The number of ketones is 1. The van der Waals surface area contributed by atoms with Crippen molar-refractivity contribution in [2.45, 2.75) is 73.1 Å². The Morgan fingerprint density at radius 1 is 1.12 bits per heavy atom. The van der Waals surface area contributed by atoms with Crippen LogP contribution >= 0.6 is 0 Å². The number of carbonyl (C=O) groups excluding carboxylic acids is 1. The topological polar surface area (TPSA) is 17.1 Å². The molecule has 0 aromatic carbocycles. The second-order valence-electron chi connectivity index (χ2n) is 5.06. The molecule has 96 valence electrons. The van der Waals surface area contributed by atoms with Gasteiger partial charge in [0.05, 0.1) is 0 Å². The summed E-state index contributed by atoms with van der Waals surface area (Å²) < 4.78 is 0. The Labute approximate surface area is 102 Å². The molecule has 0 aromatic rings. The lowest BCUT2D eigenvalue weighted by molar-refractivity contribution is -0.127. The molecule has 1 nitrogen and oxygen atoms in total. The first kappa shape index (κ1) is 15.7. The molecule has 0 heterocycles. The van der Waals surface area contributed by atoms with E-state index in [0.717, 1.165) is 18.8 Å². The standard InChI is InChI=1S/C13H24O.C2H6/c1-4-5-11-6-8-12(9-7-11)13(14)10(2)3;1-2/h10-12H,4-9H2,1-3H3;1-2H3. The van der Waals surface area contributed by atoms with E-state index in [1.165, 1.54) is 25.7 Å². The van der Waals surface area contributed by atoms with E-state index in [0.29, 0.717) is 11.7 Å². The van der Waals surface area contributed by atoms with Crippen molar-refractivity contribution in [1.29, 1.82) is 0 Å². The Kier molecular flexibility index (Phi) is 8.60. The monoisotopic (exact) mass is 226 g/mol. The molecule has 0 aromatic heterocycles. The number of hydrogen-bond acceptors (Lipinski definition) is 1. The van der Waals surface area contributed by atoms with Gasteiger partial charge in [-0.3, -0.25) is 4.79 Å². The fourth-order valence-electron chi connectivity index (χ4n) is 2.62. The van der Waals surface area contributed by atoms with Crippen LogP contribution in [0.15, 0.2) is 0 Å². The smallest absolute Gasteiger partial charge is 0.138 e. The maximum Gasteiger partial charge on any atom is 0.138 e. The number of rotatable bonds is 4. The van der Waals surface area contributed by atoms with Crippen molar-refractivity contribution in [1.82, 2.24) is 0 Å². The van der Waals surface area contributed by atoms with Crippen LogP contribution in [-0.2, 0) is 4.79 Å². The first-order valence-electron chi connectivity index (χ1n) is 7.18. The largest absolute Gasteiger partial charge is 0.299 e. The van der Waals surface area contributed by atoms with Crippen molar-refractivity contribution < 1.29 is 4.79 Å². The number of carbonyl (C=O) groups is 1. The highest BCUT2D eigenvalue weighted by Gasteiger charge is 2.26. The van der Waals surface area contributed by atoms with E-state index in [-0.39, 0.29) is 5.92 Å². The van der Waals surface area contributed by atoms with E-state index in [4.69, 9.17) is 0 Å². The van der Waals surface area contributed by atoms with Crippen molar-refractivity contribution in [3.05, 3.63) is 0 Å². The number of Topliss-reactive ketones (excluding diaryl/α,β-unsaturated/α-hetero) is 1. The van der Waals surface area contributed by atoms with E-state index in [2.05, 4.69) is 6.92 Å². The molecular weight excluding hydrogens is 196 g/mol. The minimum atomic E-state index is 0.239. The van der Waals surface area contributed by atoms with Gasteiger partial charge in [-0.1, -0.05) is 47.5 Å². The molecule has 1 saturated carbocycles. The summed E-state index contributed by atoms with van der Waals surface area (Å²) in [5.74, 6) is 2.04. The van der Waals surface area contributed by atoms with Gasteiger partial charge in [-0.15, -0.1) is 0 Å². The number of hydrogen-bond donors (Lipinski definition) is 0. The minimum absolute atomic E-state index is 0.239. The highest BCUT2D eigenvalue weighted by Crippen LogP contribution is 2.33. The summed E-state index contributed by atoms with van der Waals surface area (Å²) in [6, 6.07) is 0. The Bertz CT molecular complexity index is 176. The van der Waals surface area contributed by atoms with E-state index >= 15 is 0 Å². The van der Waals surface area contributed by atoms with Gasteiger partial charge < -0.3 is 0 Å². The molecule has 0 atom stereocenters. The Balaban J connectivity index is 0.00000106. The van der Waals surface area contributed by atoms with Gasteiger partial charge >= 0.3 is 0 Å². The maximum atomic E-state index is 11.8. The second-order valence-corrected chi connectivity index (χ2v) is 5.06. The Morgan fingerprint density at radius 2 is 1.62 bits per heavy atom. The molecule has 16 heavy (non-hydrogen) atoms. The molecule has 0 bridgehead atoms. The lowest BCUT2D eigenvalue weighted by atomic mass is 9.76. The third-order valence-corrected chi connectivity index (χ3v) is 3.52. The van der Waals surface area contributed by atoms with Crippen molar-refractivity contribution in [2.75, 3.05) is 0 Å². The molecular formula is C15H30O. The fraction of sp³-hybridized carbons (Fsp3) is 0.933. The molecule has 1 rings (SSSR count). The van der Waals surface area contributed by atoms with Crippen molar-refractivity contribution in [2.24, 2.45) is 17.8 Å². The Morgan fingerprint density at radius 3 is 2.00 bits per heavy atom. The van der Waals surface area contributed by atoms with Gasteiger partial charge in [0.15, 0.2) is 0 Å². The highest BCUT2D eigenvalue weighted by atomic mass is 16.1. The lowest BCUT2D eigenvalue weighted by Gasteiger charge is -2.28. The minimum Gasteiger partial charge on any atom is -0.299 e. The second kappa shape index (κ2) is 8.78. The summed E-state index contributed by atoms with van der Waals surface area (Å²) in [6.45, 7) is 10.3. The molecule has 1 fully saturated rings. The van der Waals surface area contributed by atoms with Crippen LogP contribution in [0.25, 0.3) is 0 Å². The third-order valence-electron chi connectivity index (χ3n) is 3.52. The molecule has 0 amide bonds. The van der Waals surface area contributed by atoms with Crippen LogP contribution in [0, 0.1) is 17.8 Å². The first-order valence-corrected chi connectivity index (χ1v) is 7.18. The summed E-state index contributed by atoms with van der Waals surface area (Å²) >= 11 is 0. The first-order chi connectivity index (χ1) is 7.65. The van der Waals surface area contributed by atoms with Gasteiger partial charge in [-0.25, -0.2) is 0 Å². The zero-order chi connectivity index (χ0) is 12.6. The lowest BCUT2D eigenvalue weighted by Crippen LogP contribution is -2.25. The molecule has 0 spiro atoms. The molecule has 0 saturated heterocycles. The molecule has 1 heteroatoms. The van der Waals surface area contributed by atoms with Gasteiger partial charge in [0.2, 0.25) is 0 Å². The quantitative estimate of drug-likeness (QED) is 0.670. The molecule has 1 aliphatic carbocycles. The zero-order valence-corrected chi connectivity index (χ0v) is 11.9. The van der Waals surface area contributed by atoms with E-state index in [1.807, 2.05) is 27.7 Å². The Hall–Kier alpha value is -0.330. The van der Waals surface area contributed by atoms with Crippen LogP contribution in [0.4, 0.5) is 0 Å². The average Bonchev–Trinajstić information content (AvgIpc) is 2.32. The molecule has 0 N–H and O–H groups in total. The molecule has 1 aliphatic rings. The van der Waals surface area contributed by atoms with Crippen LogP contribution < -0.4 is 0 Å². The summed E-state index contributed by atoms with van der Waals surface area (Å²) in [5.41, 5.74) is 0. The van der Waals surface area contributed by atoms with Gasteiger partial charge in [0.25, 0.3) is 0 Å². The normalized spacial score (nSPS) is 24.9. The molecule has 0 unspecified atom stereocenters.